The van der Waals surface area contributed by atoms with Crippen LogP contribution in [-0.2, 0) is 4.74 Å². The summed E-state index contributed by atoms with van der Waals surface area (Å²) in [6.45, 7) is 0.819. The quantitative estimate of drug-likeness (QED) is 0.374. The molecule has 1 aliphatic heterocycles. The van der Waals surface area contributed by atoms with E-state index >= 15 is 0 Å². The number of nitrogens with zero attached hydrogens (tertiary/aromatic N) is 3. The van der Waals surface area contributed by atoms with Crippen molar-refractivity contribution < 1.29 is 9.84 Å². The summed E-state index contributed by atoms with van der Waals surface area (Å²) in [6.07, 6.45) is 1.09. The molecule has 0 amide bonds. The van der Waals surface area contributed by atoms with E-state index in [0.717, 1.165) is 12.8 Å². The lowest BCUT2D eigenvalue weighted by Gasteiger charge is -2.14. The Bertz CT molecular complexity index is 161. The highest BCUT2D eigenvalue weighted by atomic mass is 16.5. The first-order valence-electron chi connectivity index (χ1n) is 3.65. The average Bonchev–Trinajstić information content (AvgIpc) is 2.52. The zero-order valence-electron chi connectivity index (χ0n) is 6.18. The van der Waals surface area contributed by atoms with Gasteiger partial charge in [-0.1, -0.05) is 5.11 Å². The first kappa shape index (κ1) is 8.33. The number of ether oxygens (including phenoxy) is 1. The molecule has 0 aliphatic carbocycles. The summed E-state index contributed by atoms with van der Waals surface area (Å²) in [5, 5.41) is 12.6. The lowest BCUT2D eigenvalue weighted by Crippen LogP contribution is -2.27. The van der Waals surface area contributed by atoms with Gasteiger partial charge >= 0.3 is 0 Å². The van der Waals surface area contributed by atoms with Crippen molar-refractivity contribution in [2.24, 2.45) is 5.11 Å². The third kappa shape index (κ3) is 2.38. The Balaban J connectivity index is 2.27. The van der Waals surface area contributed by atoms with Crippen molar-refractivity contribution in [2.45, 2.75) is 25.0 Å². The molecule has 0 bridgehead atoms. The zero-order valence-corrected chi connectivity index (χ0v) is 6.18. The van der Waals surface area contributed by atoms with E-state index in [2.05, 4.69) is 10.0 Å². The van der Waals surface area contributed by atoms with Gasteiger partial charge in [0, 0.05) is 11.5 Å². The molecule has 1 rings (SSSR count). The molecule has 1 saturated heterocycles. The fourth-order valence-corrected chi connectivity index (χ4v) is 1.14. The van der Waals surface area contributed by atoms with Gasteiger partial charge < -0.3 is 9.84 Å². The van der Waals surface area contributed by atoms with Crippen LogP contribution in [0.3, 0.4) is 0 Å². The minimum atomic E-state index is -0.631. The molecule has 0 spiro atoms. The summed E-state index contributed by atoms with van der Waals surface area (Å²) < 4.78 is 5.18. The van der Waals surface area contributed by atoms with E-state index in [1.165, 1.54) is 0 Å². The summed E-state index contributed by atoms with van der Waals surface area (Å²) in [7, 11) is 0. The van der Waals surface area contributed by atoms with Gasteiger partial charge in [-0.15, -0.1) is 0 Å². The molecule has 1 aliphatic rings. The Kier molecular flexibility index (Phi) is 3.16. The van der Waals surface area contributed by atoms with Crippen LogP contribution in [0.5, 0.6) is 0 Å². The van der Waals surface area contributed by atoms with Gasteiger partial charge in [0.1, 0.15) is 0 Å². The summed E-state index contributed by atoms with van der Waals surface area (Å²) in [4.78, 5) is 2.56. The Morgan fingerprint density at radius 2 is 2.64 bits per heavy atom. The standard InChI is InChI=1S/C6H11N3O2/c7-9-8-4-5(10)6-2-1-3-11-6/h5-6,10H,1-4H2/t5-,6?/m1/s1. The summed E-state index contributed by atoms with van der Waals surface area (Å²) in [6, 6.07) is 0. The molecule has 1 heterocycles. The van der Waals surface area contributed by atoms with Crippen LogP contribution in [0.4, 0.5) is 0 Å². The fraction of sp³-hybridized carbons (Fsp3) is 1.00. The van der Waals surface area contributed by atoms with Crippen molar-refractivity contribution in [1.29, 1.82) is 0 Å². The van der Waals surface area contributed by atoms with E-state index in [1.54, 1.807) is 0 Å². The molecule has 1 N–H and O–H groups in total. The third-order valence-electron chi connectivity index (χ3n) is 1.73. The van der Waals surface area contributed by atoms with E-state index in [0.29, 0.717) is 6.61 Å². The lowest BCUT2D eigenvalue weighted by atomic mass is 10.1. The van der Waals surface area contributed by atoms with Gasteiger partial charge in [-0.05, 0) is 18.4 Å². The van der Waals surface area contributed by atoms with E-state index < -0.39 is 6.10 Å². The first-order chi connectivity index (χ1) is 5.34. The second-order valence-corrected chi connectivity index (χ2v) is 2.53. The van der Waals surface area contributed by atoms with Gasteiger partial charge in [-0.2, -0.15) is 0 Å². The Morgan fingerprint density at radius 1 is 1.82 bits per heavy atom. The Hall–Kier alpha value is -0.770. The molecular formula is C6H11N3O2. The zero-order chi connectivity index (χ0) is 8.10. The number of hydrogen-bond donors (Lipinski definition) is 1. The smallest absolute Gasteiger partial charge is 0.0858 e. The molecule has 62 valence electrons. The van der Waals surface area contributed by atoms with Crippen LogP contribution in [0.1, 0.15) is 12.8 Å². The van der Waals surface area contributed by atoms with E-state index in [-0.39, 0.29) is 12.6 Å². The molecule has 11 heavy (non-hydrogen) atoms. The van der Waals surface area contributed by atoms with Crippen molar-refractivity contribution in [3.8, 4) is 0 Å². The van der Waals surface area contributed by atoms with Gasteiger partial charge in [0.25, 0.3) is 0 Å². The highest BCUT2D eigenvalue weighted by molar-refractivity contribution is 4.75. The van der Waals surface area contributed by atoms with Crippen LogP contribution in [0.15, 0.2) is 5.11 Å². The van der Waals surface area contributed by atoms with Gasteiger partial charge in [0.2, 0.25) is 0 Å². The predicted molar refractivity (Wildman–Crippen MR) is 39.0 cm³/mol. The summed E-state index contributed by atoms with van der Waals surface area (Å²) in [5.74, 6) is 0. The molecule has 0 radical (unpaired) electrons. The van der Waals surface area contributed by atoms with E-state index in [9.17, 15) is 5.11 Å². The largest absolute Gasteiger partial charge is 0.390 e. The molecule has 1 unspecified atom stereocenters. The van der Waals surface area contributed by atoms with Crippen molar-refractivity contribution in [3.63, 3.8) is 0 Å². The molecule has 0 aromatic carbocycles. The van der Waals surface area contributed by atoms with E-state index in [4.69, 9.17) is 10.3 Å². The van der Waals surface area contributed by atoms with Crippen LogP contribution in [0.2, 0.25) is 0 Å². The predicted octanol–water partition coefficient (Wildman–Crippen LogP) is 0.837. The molecule has 0 aromatic heterocycles. The summed E-state index contributed by atoms with van der Waals surface area (Å²) >= 11 is 0. The third-order valence-corrected chi connectivity index (χ3v) is 1.73. The van der Waals surface area contributed by atoms with Crippen molar-refractivity contribution in [2.75, 3.05) is 13.2 Å². The second-order valence-electron chi connectivity index (χ2n) is 2.53. The number of azide groups is 1. The van der Waals surface area contributed by atoms with Crippen LogP contribution in [0.25, 0.3) is 10.4 Å². The molecule has 5 heteroatoms. The van der Waals surface area contributed by atoms with Gasteiger partial charge in [0.15, 0.2) is 0 Å². The Labute approximate surface area is 64.6 Å². The average molecular weight is 157 g/mol. The monoisotopic (exact) mass is 157 g/mol. The minimum absolute atomic E-state index is 0.112. The molecule has 2 atom stereocenters. The van der Waals surface area contributed by atoms with Crippen LogP contribution in [-0.4, -0.2) is 30.5 Å². The molecule has 1 fully saturated rings. The Morgan fingerprint density at radius 3 is 3.18 bits per heavy atom. The topological polar surface area (TPSA) is 78.2 Å². The SMILES string of the molecule is [N-]=[N+]=NC[C@@H](O)C1CCCO1. The highest BCUT2D eigenvalue weighted by Gasteiger charge is 2.22. The maximum Gasteiger partial charge on any atom is 0.0858 e. The maximum absolute atomic E-state index is 9.29. The number of aliphatic hydroxyl groups excluding tert-OH is 1. The lowest BCUT2D eigenvalue weighted by molar-refractivity contribution is 0.00371. The van der Waals surface area contributed by atoms with Crippen LogP contribution >= 0.6 is 0 Å². The molecule has 0 aromatic rings. The van der Waals surface area contributed by atoms with Crippen molar-refractivity contribution >= 4 is 0 Å². The van der Waals surface area contributed by atoms with Gasteiger partial charge in [0.05, 0.1) is 18.8 Å². The van der Waals surface area contributed by atoms with Crippen LogP contribution < -0.4 is 0 Å². The highest BCUT2D eigenvalue weighted by Crippen LogP contribution is 2.15. The van der Waals surface area contributed by atoms with Crippen molar-refractivity contribution in [3.05, 3.63) is 10.4 Å². The first-order valence-corrected chi connectivity index (χ1v) is 3.65. The van der Waals surface area contributed by atoms with Crippen LogP contribution in [0, 0.1) is 0 Å². The summed E-state index contributed by atoms with van der Waals surface area (Å²) in [5.41, 5.74) is 7.96. The van der Waals surface area contributed by atoms with Crippen molar-refractivity contribution in [1.82, 2.24) is 0 Å². The molecule has 0 saturated carbocycles. The number of hydrogen-bond acceptors (Lipinski definition) is 3. The van der Waals surface area contributed by atoms with E-state index in [1.807, 2.05) is 0 Å². The molecule has 5 nitrogen and oxygen atoms in total. The maximum atomic E-state index is 9.29. The normalized spacial score (nSPS) is 26.1. The second kappa shape index (κ2) is 4.18. The fourth-order valence-electron chi connectivity index (χ4n) is 1.14. The molecular weight excluding hydrogens is 146 g/mol. The number of aliphatic hydroxyl groups is 1. The van der Waals surface area contributed by atoms with Gasteiger partial charge in [-0.3, -0.25) is 0 Å². The minimum Gasteiger partial charge on any atom is -0.390 e. The van der Waals surface area contributed by atoms with Gasteiger partial charge in [-0.25, -0.2) is 0 Å². The number of rotatable bonds is 3.